The smallest absolute Gasteiger partial charge is 0.115 e. The molecule has 1 saturated carbocycles. The Morgan fingerprint density at radius 2 is 1.31 bits per heavy atom. The quantitative estimate of drug-likeness (QED) is 0.311. The van der Waals surface area contributed by atoms with Crippen molar-refractivity contribution in [2.24, 2.45) is 11.8 Å². The highest BCUT2D eigenvalue weighted by molar-refractivity contribution is 5.64. The number of rotatable bonds is 13. The molecule has 0 spiro atoms. The predicted molar refractivity (Wildman–Crippen MR) is 139 cm³/mol. The van der Waals surface area contributed by atoms with Crippen LogP contribution in [0.1, 0.15) is 115 Å². The van der Waals surface area contributed by atoms with Gasteiger partial charge in [-0.05, 0) is 72.3 Å². The van der Waals surface area contributed by atoms with E-state index >= 15 is 0 Å². The van der Waals surface area contributed by atoms with Crippen LogP contribution in [-0.4, -0.2) is 5.11 Å². The van der Waals surface area contributed by atoms with Crippen LogP contribution in [0.25, 0.3) is 11.1 Å². The van der Waals surface area contributed by atoms with Gasteiger partial charge in [-0.15, -0.1) is 0 Å². The molecule has 0 amide bonds. The van der Waals surface area contributed by atoms with E-state index in [4.69, 9.17) is 0 Å². The minimum Gasteiger partial charge on any atom is -0.508 e. The molecule has 176 valence electrons. The van der Waals surface area contributed by atoms with E-state index in [1.807, 2.05) is 12.1 Å². The Labute approximate surface area is 197 Å². The minimum atomic E-state index is 0.329. The molecule has 0 bridgehead atoms. The van der Waals surface area contributed by atoms with E-state index in [0.717, 1.165) is 17.8 Å². The monoisotopic (exact) mass is 434 g/mol. The summed E-state index contributed by atoms with van der Waals surface area (Å²) >= 11 is 0. The molecule has 0 radical (unpaired) electrons. The first-order chi connectivity index (χ1) is 15.7. The maximum absolute atomic E-state index is 9.50. The standard InChI is InChI=1S/C31H46O/c1-3-5-6-7-8-9-10-25(4-2)11-12-26-13-15-27(16-14-26)28-17-19-29(20-18-28)30-21-23-31(32)24-22-30/h17-27,32H,3-16H2,1-2H3. The molecule has 0 saturated heterocycles. The number of benzene rings is 2. The van der Waals surface area contributed by atoms with Crippen molar-refractivity contribution in [3.8, 4) is 16.9 Å². The molecular weight excluding hydrogens is 388 g/mol. The molecule has 0 aliphatic heterocycles. The molecule has 1 atom stereocenters. The molecule has 2 aromatic rings. The summed E-state index contributed by atoms with van der Waals surface area (Å²) in [4.78, 5) is 0. The highest BCUT2D eigenvalue weighted by Crippen LogP contribution is 2.39. The van der Waals surface area contributed by atoms with Crippen LogP contribution in [0.3, 0.4) is 0 Å². The average Bonchev–Trinajstić information content (AvgIpc) is 2.84. The van der Waals surface area contributed by atoms with Crippen LogP contribution >= 0.6 is 0 Å². The summed E-state index contributed by atoms with van der Waals surface area (Å²) in [6.45, 7) is 4.70. The summed E-state index contributed by atoms with van der Waals surface area (Å²) in [6.07, 6.45) is 19.9. The fourth-order valence-electron chi connectivity index (χ4n) is 5.62. The molecule has 1 aliphatic carbocycles. The van der Waals surface area contributed by atoms with Gasteiger partial charge in [-0.3, -0.25) is 0 Å². The third-order valence-corrected chi connectivity index (χ3v) is 7.96. The second-order valence-electron chi connectivity index (χ2n) is 10.3. The van der Waals surface area contributed by atoms with Gasteiger partial charge in [-0.25, -0.2) is 0 Å². The Hall–Kier alpha value is -1.76. The predicted octanol–water partition coefficient (Wildman–Crippen LogP) is 9.89. The average molecular weight is 435 g/mol. The van der Waals surface area contributed by atoms with Crippen LogP contribution in [-0.2, 0) is 0 Å². The normalized spacial score (nSPS) is 19.7. The van der Waals surface area contributed by atoms with Crippen molar-refractivity contribution < 1.29 is 5.11 Å². The van der Waals surface area contributed by atoms with Crippen LogP contribution < -0.4 is 0 Å². The molecule has 1 fully saturated rings. The maximum atomic E-state index is 9.50. The van der Waals surface area contributed by atoms with Crippen LogP contribution in [0.4, 0.5) is 0 Å². The molecule has 1 heteroatoms. The Bertz CT molecular complexity index is 737. The summed E-state index contributed by atoms with van der Waals surface area (Å²) in [5.41, 5.74) is 3.92. The summed E-state index contributed by atoms with van der Waals surface area (Å²) in [5.74, 6) is 2.99. The van der Waals surface area contributed by atoms with Crippen molar-refractivity contribution >= 4 is 0 Å². The molecule has 2 aromatic carbocycles. The van der Waals surface area contributed by atoms with E-state index in [0.29, 0.717) is 5.75 Å². The molecule has 1 unspecified atom stereocenters. The van der Waals surface area contributed by atoms with Gasteiger partial charge in [0.15, 0.2) is 0 Å². The highest BCUT2D eigenvalue weighted by Gasteiger charge is 2.23. The van der Waals surface area contributed by atoms with Crippen LogP contribution in [0, 0.1) is 11.8 Å². The van der Waals surface area contributed by atoms with Gasteiger partial charge in [-0.1, -0.05) is 114 Å². The zero-order valence-electron chi connectivity index (χ0n) is 20.7. The molecule has 0 heterocycles. The summed E-state index contributed by atoms with van der Waals surface area (Å²) in [6, 6.07) is 16.7. The van der Waals surface area contributed by atoms with Crippen LogP contribution in [0.5, 0.6) is 5.75 Å². The van der Waals surface area contributed by atoms with Crippen molar-refractivity contribution in [2.75, 3.05) is 0 Å². The van der Waals surface area contributed by atoms with Gasteiger partial charge < -0.3 is 5.11 Å². The van der Waals surface area contributed by atoms with Crippen molar-refractivity contribution in [1.82, 2.24) is 0 Å². The zero-order chi connectivity index (χ0) is 22.6. The summed E-state index contributed by atoms with van der Waals surface area (Å²) in [7, 11) is 0. The second-order valence-corrected chi connectivity index (χ2v) is 10.3. The lowest BCUT2D eigenvalue weighted by Gasteiger charge is -2.30. The van der Waals surface area contributed by atoms with E-state index in [-0.39, 0.29) is 0 Å². The zero-order valence-corrected chi connectivity index (χ0v) is 20.7. The first kappa shape index (κ1) is 24.9. The molecule has 0 aromatic heterocycles. The van der Waals surface area contributed by atoms with E-state index < -0.39 is 0 Å². The van der Waals surface area contributed by atoms with Crippen molar-refractivity contribution in [3.63, 3.8) is 0 Å². The van der Waals surface area contributed by atoms with Gasteiger partial charge in [0.2, 0.25) is 0 Å². The molecule has 3 rings (SSSR count). The Morgan fingerprint density at radius 1 is 0.719 bits per heavy atom. The maximum Gasteiger partial charge on any atom is 0.115 e. The van der Waals surface area contributed by atoms with Gasteiger partial charge in [0, 0.05) is 0 Å². The highest BCUT2D eigenvalue weighted by atomic mass is 16.3. The van der Waals surface area contributed by atoms with Gasteiger partial charge in [0.25, 0.3) is 0 Å². The van der Waals surface area contributed by atoms with Crippen molar-refractivity contribution in [2.45, 2.75) is 110 Å². The third kappa shape index (κ3) is 7.98. The number of phenols is 1. The van der Waals surface area contributed by atoms with E-state index in [1.165, 1.54) is 107 Å². The fourth-order valence-corrected chi connectivity index (χ4v) is 5.62. The topological polar surface area (TPSA) is 20.2 Å². The Kier molecular flexibility index (Phi) is 10.7. The first-order valence-electron chi connectivity index (χ1n) is 13.6. The van der Waals surface area contributed by atoms with E-state index in [2.05, 4.69) is 38.1 Å². The molecule has 1 aliphatic rings. The summed E-state index contributed by atoms with van der Waals surface area (Å²) < 4.78 is 0. The van der Waals surface area contributed by atoms with E-state index in [1.54, 1.807) is 12.1 Å². The molecule has 32 heavy (non-hydrogen) atoms. The lowest BCUT2D eigenvalue weighted by atomic mass is 9.76. The first-order valence-corrected chi connectivity index (χ1v) is 13.6. The van der Waals surface area contributed by atoms with Crippen LogP contribution in [0.15, 0.2) is 48.5 Å². The van der Waals surface area contributed by atoms with Gasteiger partial charge in [0.05, 0.1) is 0 Å². The van der Waals surface area contributed by atoms with E-state index in [9.17, 15) is 5.11 Å². The number of hydrogen-bond donors (Lipinski definition) is 1. The SMILES string of the molecule is CCCCCCCCC(CC)CCC1CCC(c2ccc(-c3ccc(O)cc3)cc2)CC1. The van der Waals surface area contributed by atoms with Gasteiger partial charge >= 0.3 is 0 Å². The molecular formula is C31H46O. The van der Waals surface area contributed by atoms with Crippen LogP contribution in [0.2, 0.25) is 0 Å². The molecule has 1 N–H and O–H groups in total. The number of phenolic OH excluding ortho intramolecular Hbond substituents is 1. The second kappa shape index (κ2) is 13.7. The molecule has 1 nitrogen and oxygen atoms in total. The Morgan fingerprint density at radius 3 is 1.94 bits per heavy atom. The number of aromatic hydroxyl groups is 1. The minimum absolute atomic E-state index is 0.329. The lowest BCUT2D eigenvalue weighted by Crippen LogP contribution is -2.14. The lowest BCUT2D eigenvalue weighted by molar-refractivity contribution is 0.278. The number of hydrogen-bond acceptors (Lipinski definition) is 1. The van der Waals surface area contributed by atoms with Crippen molar-refractivity contribution in [3.05, 3.63) is 54.1 Å². The van der Waals surface area contributed by atoms with Crippen molar-refractivity contribution in [1.29, 1.82) is 0 Å². The summed E-state index contributed by atoms with van der Waals surface area (Å²) in [5, 5.41) is 9.50. The van der Waals surface area contributed by atoms with Gasteiger partial charge in [0.1, 0.15) is 5.75 Å². The number of unbranched alkanes of at least 4 members (excludes halogenated alkanes) is 5. The van der Waals surface area contributed by atoms with Gasteiger partial charge in [-0.2, -0.15) is 0 Å². The Balaban J connectivity index is 1.36. The largest absolute Gasteiger partial charge is 0.508 e. The third-order valence-electron chi connectivity index (χ3n) is 7.96. The fraction of sp³-hybridized carbons (Fsp3) is 0.613.